The zero-order valence-corrected chi connectivity index (χ0v) is 9.82. The van der Waals surface area contributed by atoms with E-state index in [0.717, 1.165) is 25.0 Å². The third-order valence-electron chi connectivity index (χ3n) is 4.11. The van der Waals surface area contributed by atoms with E-state index in [1.165, 1.54) is 25.8 Å². The lowest BCUT2D eigenvalue weighted by atomic mass is 9.84. The largest absolute Gasteiger partial charge is 0.303 e. The van der Waals surface area contributed by atoms with Gasteiger partial charge in [0.2, 0.25) is 0 Å². The van der Waals surface area contributed by atoms with Gasteiger partial charge in [-0.1, -0.05) is 0 Å². The molecule has 2 rings (SSSR count). The maximum Gasteiger partial charge on any atom is 0.0949 e. The average Bonchev–Trinajstić information content (AvgIpc) is 2.28. The van der Waals surface area contributed by atoms with Crippen LogP contribution in [-0.4, -0.2) is 48.6 Å². The highest BCUT2D eigenvalue weighted by Crippen LogP contribution is 2.30. The Kier molecular flexibility index (Phi) is 3.28. The van der Waals surface area contributed by atoms with Crippen molar-refractivity contribution in [2.24, 2.45) is 5.92 Å². The molecular weight excluding hydrogens is 186 g/mol. The minimum atomic E-state index is 0.0955. The second-order valence-electron chi connectivity index (χ2n) is 5.04. The van der Waals surface area contributed by atoms with E-state index in [1.54, 1.807) is 0 Å². The molecule has 2 saturated heterocycles. The van der Waals surface area contributed by atoms with Crippen molar-refractivity contribution in [3.63, 3.8) is 0 Å². The summed E-state index contributed by atoms with van der Waals surface area (Å²) < 4.78 is 0. The first-order valence-electron chi connectivity index (χ1n) is 6.06. The van der Waals surface area contributed by atoms with Gasteiger partial charge in [0.05, 0.1) is 12.1 Å². The summed E-state index contributed by atoms with van der Waals surface area (Å²) in [6.07, 6.45) is 3.92. The molecule has 0 aromatic rings. The zero-order valence-electron chi connectivity index (χ0n) is 9.82. The molecule has 0 amide bonds. The van der Waals surface area contributed by atoms with Crippen molar-refractivity contribution < 1.29 is 0 Å². The van der Waals surface area contributed by atoms with Crippen molar-refractivity contribution in [2.75, 3.05) is 26.7 Å². The Hall–Kier alpha value is -0.590. The fourth-order valence-electron chi connectivity index (χ4n) is 3.11. The monoisotopic (exact) mass is 207 g/mol. The molecule has 84 valence electrons. The average molecular weight is 207 g/mol. The quantitative estimate of drug-likeness (QED) is 0.649. The molecule has 0 aromatic carbocycles. The topological polar surface area (TPSA) is 30.3 Å². The van der Waals surface area contributed by atoms with E-state index in [0.29, 0.717) is 0 Å². The molecule has 2 heterocycles. The van der Waals surface area contributed by atoms with E-state index >= 15 is 0 Å². The van der Waals surface area contributed by atoms with Crippen LogP contribution in [0.4, 0.5) is 0 Å². The lowest BCUT2D eigenvalue weighted by Crippen LogP contribution is -2.54. The predicted octanol–water partition coefficient (Wildman–Crippen LogP) is 1.31. The van der Waals surface area contributed by atoms with Crippen LogP contribution < -0.4 is 0 Å². The molecule has 3 nitrogen and oxygen atoms in total. The van der Waals surface area contributed by atoms with Crippen molar-refractivity contribution in [3.8, 4) is 6.07 Å². The molecule has 0 spiro atoms. The van der Waals surface area contributed by atoms with Gasteiger partial charge in [0.1, 0.15) is 0 Å². The summed E-state index contributed by atoms with van der Waals surface area (Å²) in [4.78, 5) is 4.86. The number of rotatable bonds is 1. The highest BCUT2D eigenvalue weighted by Gasteiger charge is 2.35. The first-order chi connectivity index (χ1) is 7.22. The van der Waals surface area contributed by atoms with Crippen molar-refractivity contribution in [2.45, 2.75) is 38.3 Å². The van der Waals surface area contributed by atoms with E-state index in [4.69, 9.17) is 5.26 Å². The normalized spacial score (nSPS) is 35.5. The number of nitrogens with zero attached hydrogens (tertiary/aromatic N) is 3. The van der Waals surface area contributed by atoms with Crippen LogP contribution in [0.15, 0.2) is 0 Å². The van der Waals surface area contributed by atoms with E-state index in [9.17, 15) is 0 Å². The summed E-state index contributed by atoms with van der Waals surface area (Å²) in [5.74, 6) is 0.799. The van der Waals surface area contributed by atoms with Gasteiger partial charge < -0.3 is 4.90 Å². The highest BCUT2D eigenvalue weighted by atomic mass is 15.2. The lowest BCUT2D eigenvalue weighted by molar-refractivity contribution is 0.0318. The minimum Gasteiger partial charge on any atom is -0.303 e. The van der Waals surface area contributed by atoms with Gasteiger partial charge in [-0.15, -0.1) is 0 Å². The predicted molar refractivity (Wildman–Crippen MR) is 60.4 cm³/mol. The van der Waals surface area contributed by atoms with Crippen LogP contribution in [0.3, 0.4) is 0 Å². The first-order valence-corrected chi connectivity index (χ1v) is 6.06. The number of fused-ring (bicyclic) bond motifs is 1. The van der Waals surface area contributed by atoms with E-state index in [1.807, 2.05) is 6.92 Å². The molecule has 0 radical (unpaired) electrons. The summed E-state index contributed by atoms with van der Waals surface area (Å²) in [5, 5.41) is 8.93. The van der Waals surface area contributed by atoms with Crippen molar-refractivity contribution >= 4 is 0 Å². The van der Waals surface area contributed by atoms with Gasteiger partial charge in [0.25, 0.3) is 0 Å². The number of hydrogen-bond donors (Lipinski definition) is 0. The Morgan fingerprint density at radius 3 is 2.87 bits per heavy atom. The molecule has 0 aliphatic carbocycles. The Bertz CT molecular complexity index is 258. The van der Waals surface area contributed by atoms with Gasteiger partial charge in [0, 0.05) is 19.1 Å². The van der Waals surface area contributed by atoms with Gasteiger partial charge in [-0.3, -0.25) is 4.90 Å². The van der Waals surface area contributed by atoms with Gasteiger partial charge in [-0.2, -0.15) is 5.26 Å². The number of piperidine rings is 2. The van der Waals surface area contributed by atoms with Gasteiger partial charge in [0.15, 0.2) is 0 Å². The van der Waals surface area contributed by atoms with Crippen LogP contribution in [0.2, 0.25) is 0 Å². The Morgan fingerprint density at radius 1 is 1.33 bits per heavy atom. The van der Waals surface area contributed by atoms with Crippen LogP contribution in [0.25, 0.3) is 0 Å². The molecule has 3 unspecified atom stereocenters. The summed E-state index contributed by atoms with van der Waals surface area (Å²) in [7, 11) is 2.25. The standard InChI is InChI=1S/C12H21N3/c1-10(8-13)15-7-5-12-11(9-15)4-3-6-14(12)2/h10-12H,3-7,9H2,1-2H3. The van der Waals surface area contributed by atoms with E-state index in [-0.39, 0.29) is 6.04 Å². The molecule has 0 aromatic heterocycles. The third-order valence-corrected chi connectivity index (χ3v) is 4.11. The molecular formula is C12H21N3. The first kappa shape index (κ1) is 10.9. The van der Waals surface area contributed by atoms with E-state index in [2.05, 4.69) is 22.9 Å². The van der Waals surface area contributed by atoms with Crippen molar-refractivity contribution in [1.29, 1.82) is 5.26 Å². The Balaban J connectivity index is 1.97. The highest BCUT2D eigenvalue weighted by molar-refractivity contribution is 4.95. The molecule has 0 saturated carbocycles. The third kappa shape index (κ3) is 2.16. The molecule has 3 heteroatoms. The molecule has 3 atom stereocenters. The fourth-order valence-corrected chi connectivity index (χ4v) is 3.11. The van der Waals surface area contributed by atoms with Crippen molar-refractivity contribution in [1.82, 2.24) is 9.80 Å². The molecule has 2 aliphatic rings. The summed E-state index contributed by atoms with van der Waals surface area (Å²) in [6.45, 7) is 5.51. The van der Waals surface area contributed by atoms with Crippen molar-refractivity contribution in [3.05, 3.63) is 0 Å². The second kappa shape index (κ2) is 4.51. The van der Waals surface area contributed by atoms with E-state index < -0.39 is 0 Å². The lowest BCUT2D eigenvalue weighted by Gasteiger charge is -2.46. The van der Waals surface area contributed by atoms with Crippen LogP contribution in [0.1, 0.15) is 26.2 Å². The van der Waals surface area contributed by atoms with Gasteiger partial charge >= 0.3 is 0 Å². The maximum atomic E-state index is 8.93. The maximum absolute atomic E-state index is 8.93. The molecule has 0 bridgehead atoms. The van der Waals surface area contributed by atoms with Crippen LogP contribution in [0, 0.1) is 17.2 Å². The van der Waals surface area contributed by atoms with Crippen LogP contribution in [0.5, 0.6) is 0 Å². The van der Waals surface area contributed by atoms with Gasteiger partial charge in [-0.25, -0.2) is 0 Å². The fraction of sp³-hybridized carbons (Fsp3) is 0.917. The minimum absolute atomic E-state index is 0.0955. The number of likely N-dealkylation sites (tertiary alicyclic amines) is 2. The zero-order chi connectivity index (χ0) is 10.8. The second-order valence-corrected chi connectivity index (χ2v) is 5.04. The number of nitriles is 1. The Morgan fingerprint density at radius 2 is 2.13 bits per heavy atom. The SMILES string of the molecule is CC(C#N)N1CCC2C(CCCN2C)C1. The number of hydrogen-bond acceptors (Lipinski definition) is 3. The summed E-state index contributed by atoms with van der Waals surface area (Å²) >= 11 is 0. The summed E-state index contributed by atoms with van der Waals surface area (Å²) in [6, 6.07) is 3.23. The molecule has 0 N–H and O–H groups in total. The molecule has 2 fully saturated rings. The van der Waals surface area contributed by atoms with Gasteiger partial charge in [-0.05, 0) is 45.7 Å². The molecule has 15 heavy (non-hydrogen) atoms. The smallest absolute Gasteiger partial charge is 0.0949 e. The van der Waals surface area contributed by atoms with Crippen LogP contribution in [-0.2, 0) is 0 Å². The summed E-state index contributed by atoms with van der Waals surface area (Å²) in [5.41, 5.74) is 0. The molecule has 2 aliphatic heterocycles. The Labute approximate surface area is 92.7 Å². The van der Waals surface area contributed by atoms with Crippen LogP contribution >= 0.6 is 0 Å².